The molecule has 0 saturated carbocycles. The highest BCUT2D eigenvalue weighted by atomic mass is 79.9. The lowest BCUT2D eigenvalue weighted by Gasteiger charge is -2.04. The van der Waals surface area contributed by atoms with Gasteiger partial charge in [0.1, 0.15) is 11.5 Å². The van der Waals surface area contributed by atoms with E-state index in [9.17, 15) is 5.11 Å². The van der Waals surface area contributed by atoms with E-state index >= 15 is 0 Å². The van der Waals surface area contributed by atoms with Gasteiger partial charge in [-0.3, -0.25) is 0 Å². The number of aromatic hydroxyl groups is 1. The molecule has 3 aromatic carbocycles. The molecule has 1 N–H and O–H groups in total. The van der Waals surface area contributed by atoms with Crippen LogP contribution in [0.15, 0.2) is 77.4 Å². The number of fused-ring (bicyclic) bond motifs is 1. The standard InChI is InChI=1S/C23H15BrClNO2/c24-18-13-17-15-26(23(27)22(17)21(25)14-18)12-4-5-16-8-10-20(11-9-16)28-19-6-2-1-3-7-19/h1-3,6-11,13-15,27H,12H2. The maximum atomic E-state index is 10.4. The van der Waals surface area contributed by atoms with Crippen LogP contribution in [0.2, 0.25) is 5.02 Å². The molecule has 28 heavy (non-hydrogen) atoms. The first-order chi connectivity index (χ1) is 13.6. The van der Waals surface area contributed by atoms with Crippen molar-refractivity contribution >= 4 is 38.3 Å². The molecule has 4 rings (SSSR count). The third-order valence-electron chi connectivity index (χ3n) is 4.19. The lowest BCUT2D eigenvalue weighted by atomic mass is 10.2. The van der Waals surface area contributed by atoms with Gasteiger partial charge in [0.2, 0.25) is 5.88 Å². The first-order valence-corrected chi connectivity index (χ1v) is 9.76. The fourth-order valence-electron chi connectivity index (χ4n) is 2.88. The molecule has 0 saturated heterocycles. The Hall–Kier alpha value is -2.87. The Morgan fingerprint density at radius 2 is 1.71 bits per heavy atom. The minimum Gasteiger partial charge on any atom is -0.494 e. The van der Waals surface area contributed by atoms with Crippen LogP contribution in [0.4, 0.5) is 0 Å². The maximum Gasteiger partial charge on any atom is 0.201 e. The third-order valence-corrected chi connectivity index (χ3v) is 4.95. The molecule has 0 fully saturated rings. The molecule has 1 heterocycles. The number of hydrogen-bond donors (Lipinski definition) is 1. The van der Waals surface area contributed by atoms with Crippen molar-refractivity contribution in [1.29, 1.82) is 0 Å². The predicted molar refractivity (Wildman–Crippen MR) is 116 cm³/mol. The fourth-order valence-corrected chi connectivity index (χ4v) is 3.80. The summed E-state index contributed by atoms with van der Waals surface area (Å²) in [5.41, 5.74) is 0.873. The van der Waals surface area contributed by atoms with Gasteiger partial charge in [0.05, 0.1) is 17.0 Å². The van der Waals surface area contributed by atoms with Crippen LogP contribution in [-0.2, 0) is 6.54 Å². The van der Waals surface area contributed by atoms with Crippen LogP contribution < -0.4 is 4.74 Å². The lowest BCUT2D eigenvalue weighted by molar-refractivity contribution is 0.433. The number of nitrogens with zero attached hydrogens (tertiary/aromatic N) is 1. The molecule has 0 bridgehead atoms. The second-order valence-electron chi connectivity index (χ2n) is 6.17. The van der Waals surface area contributed by atoms with Crippen molar-refractivity contribution in [3.05, 3.63) is 88.0 Å². The molecule has 0 aliphatic carbocycles. The van der Waals surface area contributed by atoms with E-state index in [1.54, 1.807) is 10.6 Å². The Balaban J connectivity index is 1.48. The summed E-state index contributed by atoms with van der Waals surface area (Å²) in [6.07, 6.45) is 1.84. The molecule has 0 spiro atoms. The number of halogens is 2. The smallest absolute Gasteiger partial charge is 0.201 e. The lowest BCUT2D eigenvalue weighted by Crippen LogP contribution is -1.92. The van der Waals surface area contributed by atoms with Gasteiger partial charge in [-0.15, -0.1) is 0 Å². The normalized spacial score (nSPS) is 10.5. The van der Waals surface area contributed by atoms with Crippen LogP contribution in [0, 0.1) is 11.8 Å². The summed E-state index contributed by atoms with van der Waals surface area (Å²) in [7, 11) is 0. The van der Waals surface area contributed by atoms with Crippen LogP contribution >= 0.6 is 27.5 Å². The van der Waals surface area contributed by atoms with Crippen molar-refractivity contribution < 1.29 is 9.84 Å². The van der Waals surface area contributed by atoms with Gasteiger partial charge in [0, 0.05) is 21.6 Å². The third kappa shape index (κ3) is 4.01. The van der Waals surface area contributed by atoms with Gasteiger partial charge >= 0.3 is 0 Å². The van der Waals surface area contributed by atoms with Gasteiger partial charge in [-0.2, -0.15) is 0 Å². The van der Waals surface area contributed by atoms with Gasteiger partial charge in [-0.25, -0.2) is 0 Å². The van der Waals surface area contributed by atoms with Crippen molar-refractivity contribution in [2.75, 3.05) is 0 Å². The van der Waals surface area contributed by atoms with Gasteiger partial charge in [-0.05, 0) is 48.5 Å². The van der Waals surface area contributed by atoms with Crippen LogP contribution in [0.3, 0.4) is 0 Å². The maximum absolute atomic E-state index is 10.4. The average Bonchev–Trinajstić information content (AvgIpc) is 2.99. The van der Waals surface area contributed by atoms with Crippen molar-refractivity contribution in [1.82, 2.24) is 4.57 Å². The number of benzene rings is 3. The largest absolute Gasteiger partial charge is 0.494 e. The highest BCUT2D eigenvalue weighted by molar-refractivity contribution is 9.10. The van der Waals surface area contributed by atoms with Crippen LogP contribution in [-0.4, -0.2) is 9.67 Å². The molecule has 0 unspecified atom stereocenters. The SMILES string of the molecule is Oc1c2c(Cl)cc(Br)cc2cn1CC#Cc1ccc(Oc2ccccc2)cc1. The average molecular weight is 453 g/mol. The first-order valence-electron chi connectivity index (χ1n) is 8.59. The first kappa shape index (κ1) is 18.5. The molecule has 0 atom stereocenters. The molecule has 3 nitrogen and oxygen atoms in total. The summed E-state index contributed by atoms with van der Waals surface area (Å²) in [6.45, 7) is 0.358. The number of rotatable bonds is 3. The molecule has 4 aromatic rings. The zero-order valence-electron chi connectivity index (χ0n) is 14.7. The molecule has 0 aliphatic heterocycles. The summed E-state index contributed by atoms with van der Waals surface area (Å²) in [5.74, 6) is 7.85. The number of hydrogen-bond acceptors (Lipinski definition) is 2. The number of aromatic nitrogens is 1. The summed E-state index contributed by atoms with van der Waals surface area (Å²) >= 11 is 9.65. The van der Waals surface area contributed by atoms with E-state index in [0.29, 0.717) is 17.0 Å². The molecule has 5 heteroatoms. The Morgan fingerprint density at radius 1 is 1.00 bits per heavy atom. The molecule has 0 amide bonds. The molecule has 138 valence electrons. The van der Waals surface area contributed by atoms with Gasteiger partial charge in [0.15, 0.2) is 0 Å². The highest BCUT2D eigenvalue weighted by Crippen LogP contribution is 2.35. The summed E-state index contributed by atoms with van der Waals surface area (Å²) < 4.78 is 8.33. The Morgan fingerprint density at radius 3 is 2.46 bits per heavy atom. The Kier molecular flexibility index (Phi) is 5.29. The zero-order chi connectivity index (χ0) is 19.5. The fraction of sp³-hybridized carbons (Fsp3) is 0.0435. The molecular formula is C23H15BrClNO2. The van der Waals surface area contributed by atoms with E-state index < -0.39 is 0 Å². The van der Waals surface area contributed by atoms with Gasteiger partial charge in [0.25, 0.3) is 0 Å². The molecule has 1 aromatic heterocycles. The van der Waals surface area contributed by atoms with Crippen LogP contribution in [0.25, 0.3) is 10.8 Å². The van der Waals surface area contributed by atoms with Crippen molar-refractivity contribution in [2.24, 2.45) is 0 Å². The minimum absolute atomic E-state index is 0.119. The Bertz CT molecular complexity index is 1190. The second-order valence-corrected chi connectivity index (χ2v) is 7.50. The number of ether oxygens (including phenoxy) is 1. The van der Waals surface area contributed by atoms with Gasteiger partial charge in [-0.1, -0.05) is 57.6 Å². The molecule has 0 aliphatic rings. The van der Waals surface area contributed by atoms with Gasteiger partial charge < -0.3 is 14.4 Å². The van der Waals surface area contributed by atoms with E-state index in [0.717, 1.165) is 26.9 Å². The summed E-state index contributed by atoms with van der Waals surface area (Å²) in [5, 5.41) is 12.4. The summed E-state index contributed by atoms with van der Waals surface area (Å²) in [6, 6.07) is 20.9. The predicted octanol–water partition coefficient (Wildman–Crippen LogP) is 6.61. The monoisotopic (exact) mass is 451 g/mol. The second kappa shape index (κ2) is 8.02. The molecular weight excluding hydrogens is 438 g/mol. The van der Waals surface area contributed by atoms with E-state index in [4.69, 9.17) is 16.3 Å². The topological polar surface area (TPSA) is 34.4 Å². The Labute approximate surface area is 176 Å². The van der Waals surface area contributed by atoms with E-state index in [1.165, 1.54) is 0 Å². The van der Waals surface area contributed by atoms with E-state index in [2.05, 4.69) is 27.8 Å². The number of para-hydroxylation sites is 1. The highest BCUT2D eigenvalue weighted by Gasteiger charge is 2.11. The minimum atomic E-state index is 0.119. The van der Waals surface area contributed by atoms with Crippen molar-refractivity contribution in [3.8, 4) is 29.2 Å². The quantitative estimate of drug-likeness (QED) is 0.355. The van der Waals surface area contributed by atoms with Crippen molar-refractivity contribution in [2.45, 2.75) is 6.54 Å². The van der Waals surface area contributed by atoms with E-state index in [-0.39, 0.29) is 5.88 Å². The zero-order valence-corrected chi connectivity index (χ0v) is 17.0. The summed E-state index contributed by atoms with van der Waals surface area (Å²) in [4.78, 5) is 0. The van der Waals surface area contributed by atoms with Crippen LogP contribution in [0.1, 0.15) is 5.56 Å². The molecule has 0 radical (unpaired) electrons. The van der Waals surface area contributed by atoms with Crippen molar-refractivity contribution in [3.63, 3.8) is 0 Å². The van der Waals surface area contributed by atoms with E-state index in [1.807, 2.05) is 66.9 Å². The van der Waals surface area contributed by atoms with Crippen LogP contribution in [0.5, 0.6) is 17.4 Å².